The number of nitrogens with zero attached hydrogens (tertiary/aromatic N) is 4. The second-order valence-corrected chi connectivity index (χ2v) is 9.63. The molecule has 0 saturated carbocycles. The van der Waals surface area contributed by atoms with Crippen LogP contribution < -0.4 is 4.90 Å². The summed E-state index contributed by atoms with van der Waals surface area (Å²) >= 11 is 0. The molecule has 3 heterocycles. The van der Waals surface area contributed by atoms with Crippen LogP contribution in [0.2, 0.25) is 0 Å². The molecule has 0 amide bonds. The number of aromatic nitrogens is 3. The van der Waals surface area contributed by atoms with Gasteiger partial charge in [-0.15, -0.1) is 0 Å². The highest BCUT2D eigenvalue weighted by Crippen LogP contribution is 2.35. The van der Waals surface area contributed by atoms with E-state index in [2.05, 4.69) is 48.0 Å². The molecule has 1 aliphatic heterocycles. The van der Waals surface area contributed by atoms with Crippen LogP contribution in [0.25, 0.3) is 5.65 Å². The highest BCUT2D eigenvalue weighted by molar-refractivity contribution is 7.91. The third kappa shape index (κ3) is 3.32. The zero-order chi connectivity index (χ0) is 19.1. The molecule has 1 fully saturated rings. The third-order valence-corrected chi connectivity index (χ3v) is 7.33. The van der Waals surface area contributed by atoms with E-state index in [1.807, 2.05) is 22.8 Å². The first-order valence-electron chi connectivity index (χ1n) is 9.28. The highest BCUT2D eigenvalue weighted by atomic mass is 32.2. The van der Waals surface area contributed by atoms with E-state index in [1.54, 1.807) is 6.20 Å². The molecule has 3 aromatic rings. The molecule has 7 heteroatoms. The summed E-state index contributed by atoms with van der Waals surface area (Å²) in [7, 11) is -2.87. The molecule has 6 nitrogen and oxygen atoms in total. The van der Waals surface area contributed by atoms with Gasteiger partial charge in [0.2, 0.25) is 0 Å². The van der Waals surface area contributed by atoms with Crippen molar-refractivity contribution in [2.45, 2.75) is 25.7 Å². The topological polar surface area (TPSA) is 67.6 Å². The Morgan fingerprint density at radius 2 is 1.85 bits per heavy atom. The first-order valence-corrected chi connectivity index (χ1v) is 11.1. The van der Waals surface area contributed by atoms with Crippen LogP contribution in [0.3, 0.4) is 0 Å². The van der Waals surface area contributed by atoms with E-state index in [0.29, 0.717) is 13.1 Å². The summed E-state index contributed by atoms with van der Waals surface area (Å²) in [6, 6.07) is 12.4. The van der Waals surface area contributed by atoms with Crippen LogP contribution in [0.15, 0.2) is 48.8 Å². The van der Waals surface area contributed by atoms with Gasteiger partial charge in [-0.05, 0) is 37.1 Å². The molecule has 4 rings (SSSR count). The lowest BCUT2D eigenvalue weighted by Gasteiger charge is -2.30. The van der Waals surface area contributed by atoms with Gasteiger partial charge in [0.1, 0.15) is 0 Å². The summed E-state index contributed by atoms with van der Waals surface area (Å²) in [4.78, 5) is 6.52. The number of rotatable bonds is 4. The Morgan fingerprint density at radius 1 is 1.15 bits per heavy atom. The minimum Gasteiger partial charge on any atom is -0.369 e. The average molecular weight is 385 g/mol. The van der Waals surface area contributed by atoms with Crippen molar-refractivity contribution in [2.24, 2.45) is 0 Å². The summed E-state index contributed by atoms with van der Waals surface area (Å²) in [6.07, 6.45) is 4.60. The van der Waals surface area contributed by atoms with Crippen molar-refractivity contribution < 1.29 is 8.42 Å². The van der Waals surface area contributed by atoms with Crippen LogP contribution in [0.4, 0.5) is 5.69 Å². The molecule has 0 aliphatic carbocycles. The number of anilines is 1. The van der Waals surface area contributed by atoms with E-state index >= 15 is 0 Å². The first-order chi connectivity index (χ1) is 12.9. The van der Waals surface area contributed by atoms with Gasteiger partial charge in [-0.3, -0.25) is 0 Å². The molecule has 2 aromatic heterocycles. The SMILES string of the molecule is CCC(C)(c1ccc(N2CCS(=O)(=O)CC2)cc1)c1cc2ncccn2n1. The minimum atomic E-state index is -2.87. The smallest absolute Gasteiger partial charge is 0.155 e. The standard InChI is InChI=1S/C20H24N4O2S/c1-3-20(2,18-15-19-21-9-4-10-24(19)22-18)16-5-7-17(8-6-16)23-11-13-27(25,26)14-12-23/h4-10,15H,3,11-14H2,1-2H3. The lowest BCUT2D eigenvalue weighted by molar-refractivity contribution is 0.528. The van der Waals surface area contributed by atoms with Crippen LogP contribution in [-0.4, -0.2) is 47.6 Å². The summed E-state index contributed by atoms with van der Waals surface area (Å²) in [5.41, 5.74) is 3.90. The molecule has 1 aromatic carbocycles. The molecule has 1 atom stereocenters. The van der Waals surface area contributed by atoms with Gasteiger partial charge in [0.15, 0.2) is 15.5 Å². The monoisotopic (exact) mass is 384 g/mol. The van der Waals surface area contributed by atoms with Gasteiger partial charge in [-0.25, -0.2) is 17.9 Å². The van der Waals surface area contributed by atoms with Gasteiger partial charge in [0, 0.05) is 42.7 Å². The predicted molar refractivity (Wildman–Crippen MR) is 107 cm³/mol. The first kappa shape index (κ1) is 18.0. The van der Waals surface area contributed by atoms with E-state index in [9.17, 15) is 8.42 Å². The Balaban J connectivity index is 1.63. The van der Waals surface area contributed by atoms with Gasteiger partial charge < -0.3 is 4.90 Å². The quantitative estimate of drug-likeness (QED) is 0.692. The normalized spacial score (nSPS) is 19.1. The zero-order valence-electron chi connectivity index (χ0n) is 15.7. The fourth-order valence-electron chi connectivity index (χ4n) is 3.64. The van der Waals surface area contributed by atoms with Gasteiger partial charge in [0.05, 0.1) is 17.2 Å². The second kappa shape index (κ2) is 6.64. The van der Waals surface area contributed by atoms with Crippen molar-refractivity contribution in [3.63, 3.8) is 0 Å². The molecule has 1 saturated heterocycles. The molecule has 142 valence electrons. The van der Waals surface area contributed by atoms with E-state index in [0.717, 1.165) is 23.4 Å². The van der Waals surface area contributed by atoms with Crippen molar-refractivity contribution in [1.82, 2.24) is 14.6 Å². The zero-order valence-corrected chi connectivity index (χ0v) is 16.5. The molecule has 0 N–H and O–H groups in total. The van der Waals surface area contributed by atoms with Crippen molar-refractivity contribution in [2.75, 3.05) is 29.5 Å². The maximum absolute atomic E-state index is 11.6. The van der Waals surface area contributed by atoms with Crippen LogP contribution in [0.5, 0.6) is 0 Å². The van der Waals surface area contributed by atoms with Gasteiger partial charge in [-0.1, -0.05) is 19.1 Å². The van der Waals surface area contributed by atoms with Crippen molar-refractivity contribution >= 4 is 21.2 Å². The Morgan fingerprint density at radius 3 is 2.48 bits per heavy atom. The molecular formula is C20H24N4O2S. The highest BCUT2D eigenvalue weighted by Gasteiger charge is 2.30. The van der Waals surface area contributed by atoms with Crippen molar-refractivity contribution in [3.05, 3.63) is 60.0 Å². The largest absolute Gasteiger partial charge is 0.369 e. The number of hydrogen-bond donors (Lipinski definition) is 0. The summed E-state index contributed by atoms with van der Waals surface area (Å²) in [5.74, 6) is 0.464. The predicted octanol–water partition coefficient (Wildman–Crippen LogP) is 2.68. The maximum atomic E-state index is 11.6. The Hall–Kier alpha value is -2.41. The van der Waals surface area contributed by atoms with Crippen molar-refractivity contribution in [1.29, 1.82) is 0 Å². The van der Waals surface area contributed by atoms with Crippen LogP contribution in [0, 0.1) is 0 Å². The molecule has 0 spiro atoms. The molecule has 0 bridgehead atoms. The minimum absolute atomic E-state index is 0.211. The van der Waals surface area contributed by atoms with E-state index < -0.39 is 9.84 Å². The second-order valence-electron chi connectivity index (χ2n) is 7.32. The van der Waals surface area contributed by atoms with E-state index in [-0.39, 0.29) is 16.9 Å². The lowest BCUT2D eigenvalue weighted by Crippen LogP contribution is -2.40. The van der Waals surface area contributed by atoms with Crippen LogP contribution in [-0.2, 0) is 15.3 Å². The number of benzene rings is 1. The maximum Gasteiger partial charge on any atom is 0.155 e. The van der Waals surface area contributed by atoms with Crippen LogP contribution >= 0.6 is 0 Å². The lowest BCUT2D eigenvalue weighted by atomic mass is 9.77. The Bertz CT molecular complexity index is 1010. The Labute approximate surface area is 159 Å². The van der Waals surface area contributed by atoms with Gasteiger partial charge >= 0.3 is 0 Å². The van der Waals surface area contributed by atoms with Crippen molar-refractivity contribution in [3.8, 4) is 0 Å². The number of sulfone groups is 1. The van der Waals surface area contributed by atoms with E-state index in [1.165, 1.54) is 5.56 Å². The fraction of sp³-hybridized carbons (Fsp3) is 0.400. The fourth-order valence-corrected chi connectivity index (χ4v) is 4.84. The van der Waals surface area contributed by atoms with E-state index in [4.69, 9.17) is 5.10 Å². The molecule has 27 heavy (non-hydrogen) atoms. The molecular weight excluding hydrogens is 360 g/mol. The third-order valence-electron chi connectivity index (χ3n) is 5.72. The average Bonchev–Trinajstić information content (AvgIpc) is 3.12. The Kier molecular flexibility index (Phi) is 4.42. The summed E-state index contributed by atoms with van der Waals surface area (Å²) < 4.78 is 25.1. The summed E-state index contributed by atoms with van der Waals surface area (Å²) in [6.45, 7) is 5.49. The molecule has 1 aliphatic rings. The summed E-state index contributed by atoms with van der Waals surface area (Å²) in [5, 5.41) is 4.74. The molecule has 0 radical (unpaired) electrons. The van der Waals surface area contributed by atoms with Crippen LogP contribution in [0.1, 0.15) is 31.5 Å². The molecule has 1 unspecified atom stereocenters. The number of hydrogen-bond acceptors (Lipinski definition) is 5. The van der Waals surface area contributed by atoms with Gasteiger partial charge in [0.25, 0.3) is 0 Å². The number of fused-ring (bicyclic) bond motifs is 1. The van der Waals surface area contributed by atoms with Gasteiger partial charge in [-0.2, -0.15) is 5.10 Å².